The summed E-state index contributed by atoms with van der Waals surface area (Å²) in [5.74, 6) is 0. The topological polar surface area (TPSA) is 20.2 Å². The SMILES string of the molecule is O[CH2][Sn][CH]1CCCC1. The quantitative estimate of drug-likeness (QED) is 0.686. The molecule has 2 heteroatoms. The van der Waals surface area contributed by atoms with Crippen LogP contribution in [0.3, 0.4) is 0 Å². The van der Waals surface area contributed by atoms with Crippen molar-refractivity contribution in [3.63, 3.8) is 0 Å². The second kappa shape index (κ2) is 3.72. The van der Waals surface area contributed by atoms with E-state index in [4.69, 9.17) is 5.11 Å². The molecular formula is C6H12OSn. The first-order chi connectivity index (χ1) is 3.93. The van der Waals surface area contributed by atoms with Crippen LogP contribution in [0.25, 0.3) is 0 Å². The second-order valence-electron chi connectivity index (χ2n) is 2.34. The van der Waals surface area contributed by atoms with Gasteiger partial charge in [-0.1, -0.05) is 0 Å². The Morgan fingerprint density at radius 2 is 2.00 bits per heavy atom. The van der Waals surface area contributed by atoms with Crippen molar-refractivity contribution in [2.75, 3.05) is 4.62 Å². The van der Waals surface area contributed by atoms with Gasteiger partial charge in [0.25, 0.3) is 0 Å². The van der Waals surface area contributed by atoms with Crippen LogP contribution < -0.4 is 0 Å². The normalized spacial score (nSPS) is 22.1. The number of aliphatic hydroxyl groups excluding tert-OH is 1. The van der Waals surface area contributed by atoms with E-state index in [2.05, 4.69) is 0 Å². The monoisotopic (exact) mass is 220 g/mol. The van der Waals surface area contributed by atoms with Gasteiger partial charge in [-0.25, -0.2) is 0 Å². The van der Waals surface area contributed by atoms with Crippen LogP contribution in [-0.2, 0) is 0 Å². The van der Waals surface area contributed by atoms with Crippen LogP contribution >= 0.6 is 0 Å². The molecule has 0 atom stereocenters. The summed E-state index contributed by atoms with van der Waals surface area (Å²) in [6, 6.07) is 0. The third-order valence-corrected chi connectivity index (χ3v) is 5.55. The zero-order valence-corrected chi connectivity index (χ0v) is 7.91. The Hall–Kier alpha value is 0.759. The minimum absolute atomic E-state index is 0.290. The Kier molecular flexibility index (Phi) is 3.20. The van der Waals surface area contributed by atoms with Gasteiger partial charge in [-0.2, -0.15) is 0 Å². The van der Waals surface area contributed by atoms with E-state index in [1.54, 1.807) is 0 Å². The summed E-state index contributed by atoms with van der Waals surface area (Å²) in [7, 11) is 0. The fourth-order valence-electron chi connectivity index (χ4n) is 1.26. The van der Waals surface area contributed by atoms with E-state index in [0.29, 0.717) is 4.62 Å². The van der Waals surface area contributed by atoms with Gasteiger partial charge in [0, 0.05) is 0 Å². The second-order valence-corrected chi connectivity index (χ2v) is 6.74. The van der Waals surface area contributed by atoms with Gasteiger partial charge in [0.1, 0.15) is 0 Å². The number of aliphatic hydroxyl groups is 1. The molecule has 1 rings (SSSR count). The Morgan fingerprint density at radius 1 is 1.38 bits per heavy atom. The first-order valence-electron chi connectivity index (χ1n) is 3.27. The van der Waals surface area contributed by atoms with Gasteiger partial charge in [0.2, 0.25) is 0 Å². The molecule has 0 unspecified atom stereocenters. The Morgan fingerprint density at radius 3 is 2.50 bits per heavy atom. The number of hydrogen-bond donors (Lipinski definition) is 1. The standard InChI is InChI=1S/C5H9.CH3O.Sn/c1-2-4-5-3-1;1-2;/h1H,2-5H2;2H,1H2;. The molecule has 1 nitrogen and oxygen atoms in total. The van der Waals surface area contributed by atoms with E-state index < -0.39 is 0 Å². The molecule has 1 N–H and O–H groups in total. The Labute approximate surface area is 60.7 Å². The molecule has 1 aliphatic rings. The molecule has 0 amide bonds. The average Bonchev–Trinajstić information content (AvgIpc) is 2.19. The van der Waals surface area contributed by atoms with E-state index >= 15 is 0 Å². The zero-order valence-electron chi connectivity index (χ0n) is 5.06. The molecular weight excluding hydrogens is 207 g/mol. The third-order valence-electron chi connectivity index (χ3n) is 1.74. The molecule has 0 bridgehead atoms. The molecule has 1 saturated carbocycles. The summed E-state index contributed by atoms with van der Waals surface area (Å²) in [6.07, 6.45) is 5.75. The van der Waals surface area contributed by atoms with Gasteiger partial charge in [0.05, 0.1) is 0 Å². The van der Waals surface area contributed by atoms with Crippen LogP contribution in [0, 0.1) is 0 Å². The average molecular weight is 219 g/mol. The molecule has 46 valence electrons. The molecule has 1 fully saturated rings. The van der Waals surface area contributed by atoms with Crippen LogP contribution in [0.1, 0.15) is 25.7 Å². The summed E-state index contributed by atoms with van der Waals surface area (Å²) < 4.78 is 1.59. The predicted octanol–water partition coefficient (Wildman–Crippen LogP) is 1.00. The molecule has 0 aromatic rings. The molecule has 0 spiro atoms. The first kappa shape index (κ1) is 6.87. The minimum atomic E-state index is -0.290. The van der Waals surface area contributed by atoms with E-state index in [0.717, 1.165) is 3.93 Å². The molecule has 8 heavy (non-hydrogen) atoms. The van der Waals surface area contributed by atoms with Crippen LogP contribution in [-0.4, -0.2) is 30.9 Å². The molecule has 2 radical (unpaired) electrons. The maximum absolute atomic E-state index is 8.60. The maximum atomic E-state index is 8.60. The Bertz CT molecular complexity index is 59.5. The van der Waals surface area contributed by atoms with Gasteiger partial charge >= 0.3 is 60.5 Å². The summed E-state index contributed by atoms with van der Waals surface area (Å²) in [5, 5.41) is 8.60. The van der Waals surface area contributed by atoms with Gasteiger partial charge in [-0.05, 0) is 0 Å². The van der Waals surface area contributed by atoms with E-state index in [-0.39, 0.29) is 21.1 Å². The van der Waals surface area contributed by atoms with Crippen molar-refractivity contribution >= 4 is 21.1 Å². The van der Waals surface area contributed by atoms with Crippen LogP contribution in [0.5, 0.6) is 0 Å². The third kappa shape index (κ3) is 1.94. The van der Waals surface area contributed by atoms with Crippen molar-refractivity contribution in [2.45, 2.75) is 29.6 Å². The fourth-order valence-corrected chi connectivity index (χ4v) is 4.33. The van der Waals surface area contributed by atoms with Gasteiger partial charge in [-0.15, -0.1) is 0 Å². The van der Waals surface area contributed by atoms with Crippen LogP contribution in [0.4, 0.5) is 0 Å². The van der Waals surface area contributed by atoms with Gasteiger partial charge in [-0.3, -0.25) is 0 Å². The first-order valence-corrected chi connectivity index (χ1v) is 6.94. The predicted molar refractivity (Wildman–Crippen MR) is 35.1 cm³/mol. The summed E-state index contributed by atoms with van der Waals surface area (Å²) in [5.41, 5.74) is 0. The summed E-state index contributed by atoms with van der Waals surface area (Å²) in [6.45, 7) is 0. The van der Waals surface area contributed by atoms with E-state index in [1.165, 1.54) is 25.7 Å². The number of rotatable bonds is 2. The van der Waals surface area contributed by atoms with Crippen molar-refractivity contribution in [2.24, 2.45) is 0 Å². The van der Waals surface area contributed by atoms with Crippen LogP contribution in [0.2, 0.25) is 3.93 Å². The van der Waals surface area contributed by atoms with Crippen molar-refractivity contribution in [1.29, 1.82) is 0 Å². The Balaban J connectivity index is 2.06. The van der Waals surface area contributed by atoms with Crippen molar-refractivity contribution in [3.8, 4) is 0 Å². The van der Waals surface area contributed by atoms with Crippen molar-refractivity contribution in [3.05, 3.63) is 0 Å². The number of hydrogen-bond acceptors (Lipinski definition) is 1. The van der Waals surface area contributed by atoms with Crippen molar-refractivity contribution < 1.29 is 5.11 Å². The van der Waals surface area contributed by atoms with Gasteiger partial charge < -0.3 is 0 Å². The summed E-state index contributed by atoms with van der Waals surface area (Å²) >= 11 is -0.290. The fraction of sp³-hybridized carbons (Fsp3) is 1.00. The van der Waals surface area contributed by atoms with Crippen LogP contribution in [0.15, 0.2) is 0 Å². The van der Waals surface area contributed by atoms with E-state index in [9.17, 15) is 0 Å². The van der Waals surface area contributed by atoms with Crippen molar-refractivity contribution in [1.82, 2.24) is 0 Å². The van der Waals surface area contributed by atoms with E-state index in [1.807, 2.05) is 0 Å². The molecule has 1 aliphatic carbocycles. The molecule has 0 aliphatic heterocycles. The molecule has 0 aromatic carbocycles. The summed E-state index contributed by atoms with van der Waals surface area (Å²) in [4.78, 5) is 0. The zero-order chi connectivity index (χ0) is 5.82. The molecule has 0 heterocycles. The molecule has 0 aromatic heterocycles. The van der Waals surface area contributed by atoms with Gasteiger partial charge in [0.15, 0.2) is 0 Å². The molecule has 0 saturated heterocycles.